The highest BCUT2D eigenvalue weighted by atomic mass is 16.5. The molecule has 5 nitrogen and oxygen atoms in total. The Balaban J connectivity index is 1.95. The van der Waals surface area contributed by atoms with Crippen molar-refractivity contribution >= 4 is 11.8 Å². The normalized spacial score (nSPS) is 22.2. The van der Waals surface area contributed by atoms with Crippen LogP contribution < -0.4 is 5.32 Å². The van der Waals surface area contributed by atoms with Crippen LogP contribution in [0.3, 0.4) is 0 Å². The van der Waals surface area contributed by atoms with Crippen LogP contribution in [-0.4, -0.2) is 42.6 Å². The van der Waals surface area contributed by atoms with E-state index >= 15 is 0 Å². The predicted octanol–water partition coefficient (Wildman–Crippen LogP) is 2.14. The minimum Gasteiger partial charge on any atom is -0.469 e. The van der Waals surface area contributed by atoms with E-state index in [2.05, 4.69) is 35.1 Å². The van der Waals surface area contributed by atoms with E-state index in [1.54, 1.807) is 0 Å². The third-order valence-electron chi connectivity index (χ3n) is 3.98. The van der Waals surface area contributed by atoms with Crippen LogP contribution in [0.25, 0.3) is 0 Å². The summed E-state index contributed by atoms with van der Waals surface area (Å²) in [5, 5.41) is 3.30. The lowest BCUT2D eigenvalue weighted by Gasteiger charge is -2.16. The Morgan fingerprint density at radius 1 is 1.52 bits per heavy atom. The summed E-state index contributed by atoms with van der Waals surface area (Å²) in [6.45, 7) is 7.73. The highest BCUT2D eigenvalue weighted by molar-refractivity contribution is 5.73. The minimum atomic E-state index is -0.0926. The first-order valence-corrected chi connectivity index (χ1v) is 7.63. The molecule has 0 radical (unpaired) electrons. The number of anilines is 1. The average molecular weight is 291 g/mol. The number of hydrogen-bond acceptors (Lipinski definition) is 5. The molecule has 0 saturated carbocycles. The first-order chi connectivity index (χ1) is 10.1. The van der Waals surface area contributed by atoms with Gasteiger partial charge in [0.15, 0.2) is 0 Å². The second-order valence-corrected chi connectivity index (χ2v) is 5.78. The fourth-order valence-corrected chi connectivity index (χ4v) is 2.84. The summed E-state index contributed by atoms with van der Waals surface area (Å²) in [5.74, 6) is 1.17. The van der Waals surface area contributed by atoms with Gasteiger partial charge in [-0.25, -0.2) is 4.98 Å². The number of rotatable bonds is 6. The molecular weight excluding hydrogens is 266 g/mol. The Hall–Kier alpha value is -1.62. The summed E-state index contributed by atoms with van der Waals surface area (Å²) in [5.41, 5.74) is 1.22. The molecular formula is C16H25N3O2. The fourth-order valence-electron chi connectivity index (χ4n) is 2.84. The van der Waals surface area contributed by atoms with E-state index < -0.39 is 0 Å². The van der Waals surface area contributed by atoms with Crippen molar-refractivity contribution in [1.82, 2.24) is 9.88 Å². The molecule has 1 aromatic rings. The van der Waals surface area contributed by atoms with Gasteiger partial charge in [0.2, 0.25) is 0 Å². The molecule has 1 fully saturated rings. The van der Waals surface area contributed by atoms with Gasteiger partial charge in [-0.2, -0.15) is 0 Å². The number of likely N-dealkylation sites (tertiary alicyclic amines) is 1. The van der Waals surface area contributed by atoms with Gasteiger partial charge >= 0.3 is 5.97 Å². The fraction of sp³-hybridized carbons (Fsp3) is 0.625. The Morgan fingerprint density at radius 2 is 2.33 bits per heavy atom. The zero-order valence-corrected chi connectivity index (χ0v) is 13.1. The second-order valence-electron chi connectivity index (χ2n) is 5.78. The summed E-state index contributed by atoms with van der Waals surface area (Å²) in [7, 11) is 1.46. The van der Waals surface area contributed by atoms with Gasteiger partial charge in [-0.3, -0.25) is 9.69 Å². The van der Waals surface area contributed by atoms with Crippen LogP contribution in [0, 0.1) is 11.8 Å². The molecule has 2 unspecified atom stereocenters. The van der Waals surface area contributed by atoms with Crippen LogP contribution in [0.5, 0.6) is 0 Å². The summed E-state index contributed by atoms with van der Waals surface area (Å²) in [4.78, 5) is 18.4. The molecule has 21 heavy (non-hydrogen) atoms. The SMILES string of the molecule is CCCNc1cc(CN2CC(C)C(C(=O)OC)C2)ccn1. The molecule has 1 N–H and O–H groups in total. The van der Waals surface area contributed by atoms with Crippen molar-refractivity contribution < 1.29 is 9.53 Å². The van der Waals surface area contributed by atoms with Crippen molar-refractivity contribution in [3.8, 4) is 0 Å². The number of methoxy groups -OCH3 is 1. The summed E-state index contributed by atoms with van der Waals surface area (Å²) in [6, 6.07) is 4.12. The number of ether oxygens (including phenoxy) is 1. The molecule has 1 aliphatic heterocycles. The van der Waals surface area contributed by atoms with Gasteiger partial charge < -0.3 is 10.1 Å². The molecule has 2 rings (SSSR count). The van der Waals surface area contributed by atoms with Gasteiger partial charge in [0.05, 0.1) is 13.0 Å². The van der Waals surface area contributed by atoms with Gasteiger partial charge in [-0.1, -0.05) is 13.8 Å². The number of esters is 1. The smallest absolute Gasteiger partial charge is 0.310 e. The topological polar surface area (TPSA) is 54.5 Å². The van der Waals surface area contributed by atoms with Crippen molar-refractivity contribution in [2.75, 3.05) is 32.1 Å². The number of carbonyl (C=O) groups excluding carboxylic acids is 1. The molecule has 2 heterocycles. The lowest BCUT2D eigenvalue weighted by molar-refractivity contribution is -0.146. The molecule has 1 aromatic heterocycles. The van der Waals surface area contributed by atoms with Crippen LogP contribution in [0.1, 0.15) is 25.8 Å². The Bertz CT molecular complexity index is 478. The zero-order valence-electron chi connectivity index (χ0n) is 13.1. The first-order valence-electron chi connectivity index (χ1n) is 7.63. The molecule has 0 aliphatic carbocycles. The van der Waals surface area contributed by atoms with Crippen molar-refractivity contribution in [2.45, 2.75) is 26.8 Å². The van der Waals surface area contributed by atoms with E-state index in [0.29, 0.717) is 5.92 Å². The van der Waals surface area contributed by atoms with Gasteiger partial charge in [-0.05, 0) is 30.0 Å². The number of aromatic nitrogens is 1. The van der Waals surface area contributed by atoms with Crippen molar-refractivity contribution in [1.29, 1.82) is 0 Å². The quantitative estimate of drug-likeness (QED) is 0.814. The zero-order chi connectivity index (χ0) is 15.2. The molecule has 0 spiro atoms. The molecule has 0 aromatic carbocycles. The van der Waals surface area contributed by atoms with Crippen LogP contribution in [0.15, 0.2) is 18.3 Å². The lowest BCUT2D eigenvalue weighted by Crippen LogP contribution is -2.24. The molecule has 0 bridgehead atoms. The van der Waals surface area contributed by atoms with E-state index in [4.69, 9.17) is 4.74 Å². The third kappa shape index (κ3) is 4.17. The predicted molar refractivity (Wildman–Crippen MR) is 83.0 cm³/mol. The van der Waals surface area contributed by atoms with Crippen LogP contribution >= 0.6 is 0 Å². The van der Waals surface area contributed by atoms with Crippen molar-refractivity contribution in [3.05, 3.63) is 23.9 Å². The van der Waals surface area contributed by atoms with Crippen LogP contribution in [0.2, 0.25) is 0 Å². The van der Waals surface area contributed by atoms with E-state index in [-0.39, 0.29) is 11.9 Å². The number of nitrogens with one attached hydrogen (secondary N) is 1. The monoisotopic (exact) mass is 291 g/mol. The number of nitrogens with zero attached hydrogens (tertiary/aromatic N) is 2. The maximum atomic E-state index is 11.7. The first kappa shape index (κ1) is 15.8. The molecule has 2 atom stereocenters. The Morgan fingerprint density at radius 3 is 3.05 bits per heavy atom. The highest BCUT2D eigenvalue weighted by Gasteiger charge is 2.35. The van der Waals surface area contributed by atoms with Crippen molar-refractivity contribution in [3.63, 3.8) is 0 Å². The van der Waals surface area contributed by atoms with Crippen LogP contribution in [0.4, 0.5) is 5.82 Å². The van der Waals surface area contributed by atoms with Gasteiger partial charge in [-0.15, -0.1) is 0 Å². The highest BCUT2D eigenvalue weighted by Crippen LogP contribution is 2.25. The second kappa shape index (κ2) is 7.41. The van der Waals surface area contributed by atoms with Gasteiger partial charge in [0, 0.05) is 32.4 Å². The van der Waals surface area contributed by atoms with Crippen LogP contribution in [-0.2, 0) is 16.1 Å². The largest absolute Gasteiger partial charge is 0.469 e. The average Bonchev–Trinajstić information content (AvgIpc) is 2.85. The van der Waals surface area contributed by atoms with E-state index in [0.717, 1.165) is 38.4 Å². The summed E-state index contributed by atoms with van der Waals surface area (Å²) < 4.78 is 4.88. The molecule has 0 amide bonds. The lowest BCUT2D eigenvalue weighted by atomic mass is 9.99. The van der Waals surface area contributed by atoms with Gasteiger partial charge in [0.25, 0.3) is 0 Å². The minimum absolute atomic E-state index is 0.00507. The van der Waals surface area contributed by atoms with E-state index in [1.807, 2.05) is 12.3 Å². The maximum Gasteiger partial charge on any atom is 0.310 e. The van der Waals surface area contributed by atoms with Gasteiger partial charge in [0.1, 0.15) is 5.82 Å². The van der Waals surface area contributed by atoms with E-state index in [9.17, 15) is 4.79 Å². The number of pyridine rings is 1. The van der Waals surface area contributed by atoms with E-state index in [1.165, 1.54) is 12.7 Å². The molecule has 116 valence electrons. The number of hydrogen-bond donors (Lipinski definition) is 1. The molecule has 1 saturated heterocycles. The Kier molecular flexibility index (Phi) is 5.56. The summed E-state index contributed by atoms with van der Waals surface area (Å²) >= 11 is 0. The summed E-state index contributed by atoms with van der Waals surface area (Å²) in [6.07, 6.45) is 2.92. The maximum absolute atomic E-state index is 11.7. The molecule has 5 heteroatoms. The van der Waals surface area contributed by atoms with Crippen molar-refractivity contribution in [2.24, 2.45) is 11.8 Å². The third-order valence-corrected chi connectivity index (χ3v) is 3.98. The molecule has 1 aliphatic rings. The Labute approximate surface area is 126 Å². The number of carbonyl (C=O) groups is 1. The standard InChI is InChI=1S/C16H25N3O2/c1-4-6-17-15-8-13(5-7-18-15)10-19-9-12(2)14(11-19)16(20)21-3/h5,7-8,12,14H,4,6,9-11H2,1-3H3,(H,17,18).